The Hall–Kier alpha value is -1.06. The van der Waals surface area contributed by atoms with Crippen molar-refractivity contribution in [3.63, 3.8) is 0 Å². The topological polar surface area (TPSA) is 41.1 Å². The third kappa shape index (κ3) is 2.27. The van der Waals surface area contributed by atoms with Crippen molar-refractivity contribution in [2.75, 3.05) is 13.1 Å². The maximum absolute atomic E-state index is 12.6. The number of rotatable bonds is 2. The van der Waals surface area contributed by atoms with Gasteiger partial charge in [0.05, 0.1) is 6.04 Å². The zero-order valence-corrected chi connectivity index (χ0v) is 12.9. The van der Waals surface area contributed by atoms with Crippen molar-refractivity contribution in [3.8, 4) is 0 Å². The second-order valence-electron chi connectivity index (χ2n) is 6.78. The molecule has 2 fully saturated rings. The molecule has 1 aromatic rings. The molecular weight excluding hydrogens is 284 g/mol. The maximum atomic E-state index is 12.6. The summed E-state index contributed by atoms with van der Waals surface area (Å²) >= 11 is 6.24. The minimum absolute atomic E-state index is 0.158. The predicted molar refractivity (Wildman–Crippen MR) is 83.3 cm³/mol. The highest BCUT2D eigenvalue weighted by molar-refractivity contribution is 6.31. The number of hydrogen-bond acceptors (Lipinski definition) is 2. The normalized spacial score (nSPS) is 29.2. The van der Waals surface area contributed by atoms with Gasteiger partial charge in [0.25, 0.3) is 0 Å². The van der Waals surface area contributed by atoms with E-state index in [1.165, 1.54) is 11.1 Å². The van der Waals surface area contributed by atoms with Crippen LogP contribution >= 0.6 is 11.6 Å². The van der Waals surface area contributed by atoms with E-state index in [9.17, 15) is 4.79 Å². The van der Waals surface area contributed by atoms with Crippen LogP contribution in [0.25, 0.3) is 0 Å². The Balaban J connectivity index is 1.44. The van der Waals surface area contributed by atoms with Crippen LogP contribution in [0.2, 0.25) is 5.02 Å². The molecule has 3 nitrogen and oxygen atoms in total. The summed E-state index contributed by atoms with van der Waals surface area (Å²) in [6.07, 6.45) is 5.33. The number of nitrogens with one attached hydrogen (secondary N) is 2. The highest BCUT2D eigenvalue weighted by Gasteiger charge is 2.57. The minimum atomic E-state index is 0.158. The Morgan fingerprint density at radius 3 is 2.95 bits per heavy atom. The van der Waals surface area contributed by atoms with Crippen LogP contribution in [0.3, 0.4) is 0 Å². The molecule has 2 N–H and O–H groups in total. The number of amides is 1. The van der Waals surface area contributed by atoms with Crippen LogP contribution in [0.4, 0.5) is 0 Å². The molecule has 1 aromatic carbocycles. The lowest BCUT2D eigenvalue weighted by molar-refractivity contribution is -0.124. The van der Waals surface area contributed by atoms with Crippen LogP contribution < -0.4 is 10.6 Å². The van der Waals surface area contributed by atoms with E-state index in [-0.39, 0.29) is 17.9 Å². The molecule has 0 aromatic heterocycles. The third-order valence-corrected chi connectivity index (χ3v) is 5.99. The zero-order chi connectivity index (χ0) is 14.4. The summed E-state index contributed by atoms with van der Waals surface area (Å²) in [6.45, 7) is 2.12. The Morgan fingerprint density at radius 1 is 1.33 bits per heavy atom. The highest BCUT2D eigenvalue weighted by atomic mass is 35.5. The third-order valence-electron chi connectivity index (χ3n) is 5.64. The van der Waals surface area contributed by atoms with Gasteiger partial charge in [-0.25, -0.2) is 0 Å². The Kier molecular flexibility index (Phi) is 3.23. The molecule has 21 heavy (non-hydrogen) atoms. The highest BCUT2D eigenvalue weighted by Crippen LogP contribution is 2.58. The Morgan fingerprint density at radius 2 is 2.14 bits per heavy atom. The van der Waals surface area contributed by atoms with Gasteiger partial charge >= 0.3 is 0 Å². The summed E-state index contributed by atoms with van der Waals surface area (Å²) < 4.78 is 0. The lowest BCUT2D eigenvalue weighted by Gasteiger charge is -2.23. The fourth-order valence-corrected chi connectivity index (χ4v) is 4.50. The zero-order valence-electron chi connectivity index (χ0n) is 12.1. The lowest BCUT2D eigenvalue weighted by Crippen LogP contribution is -2.34. The summed E-state index contributed by atoms with van der Waals surface area (Å²) in [5.74, 6) is 0.498. The van der Waals surface area contributed by atoms with Crippen LogP contribution in [0.1, 0.15) is 42.9 Å². The van der Waals surface area contributed by atoms with Crippen molar-refractivity contribution in [1.29, 1.82) is 0 Å². The van der Waals surface area contributed by atoms with Gasteiger partial charge in [0, 0.05) is 10.9 Å². The molecule has 1 heterocycles. The van der Waals surface area contributed by atoms with Gasteiger partial charge in [-0.1, -0.05) is 23.7 Å². The fraction of sp³-hybridized carbons (Fsp3) is 0.588. The Bertz CT molecular complexity index is 580. The van der Waals surface area contributed by atoms with Crippen molar-refractivity contribution in [2.45, 2.75) is 38.1 Å². The first-order valence-electron chi connectivity index (χ1n) is 7.98. The smallest absolute Gasteiger partial charge is 0.224 e. The van der Waals surface area contributed by atoms with Gasteiger partial charge in [0.1, 0.15) is 0 Å². The summed E-state index contributed by atoms with van der Waals surface area (Å²) in [4.78, 5) is 12.6. The number of halogens is 1. The molecule has 2 aliphatic carbocycles. The summed E-state index contributed by atoms with van der Waals surface area (Å²) in [6, 6.07) is 6.18. The van der Waals surface area contributed by atoms with Crippen LogP contribution in [-0.2, 0) is 11.2 Å². The number of benzene rings is 1. The van der Waals surface area contributed by atoms with E-state index in [1.807, 2.05) is 12.1 Å². The van der Waals surface area contributed by atoms with E-state index in [4.69, 9.17) is 11.6 Å². The second-order valence-corrected chi connectivity index (χ2v) is 7.18. The largest absolute Gasteiger partial charge is 0.349 e. The van der Waals surface area contributed by atoms with E-state index in [2.05, 4.69) is 16.7 Å². The van der Waals surface area contributed by atoms with E-state index < -0.39 is 0 Å². The van der Waals surface area contributed by atoms with Gasteiger partial charge in [-0.05, 0) is 67.8 Å². The molecule has 3 aliphatic rings. The van der Waals surface area contributed by atoms with Crippen molar-refractivity contribution in [2.24, 2.45) is 11.3 Å². The van der Waals surface area contributed by atoms with Gasteiger partial charge in [-0.15, -0.1) is 0 Å². The SMILES string of the molecule is O=C(NC1CCc2c(Cl)cccc21)C1CC12CCNCC2. The number of piperidine rings is 1. The van der Waals surface area contributed by atoms with Crippen molar-refractivity contribution in [3.05, 3.63) is 34.3 Å². The monoisotopic (exact) mass is 304 g/mol. The van der Waals surface area contributed by atoms with Crippen molar-refractivity contribution in [1.82, 2.24) is 10.6 Å². The quantitative estimate of drug-likeness (QED) is 0.882. The van der Waals surface area contributed by atoms with E-state index in [0.717, 1.165) is 50.2 Å². The van der Waals surface area contributed by atoms with Gasteiger partial charge in [-0.2, -0.15) is 0 Å². The maximum Gasteiger partial charge on any atom is 0.224 e. The van der Waals surface area contributed by atoms with Crippen LogP contribution in [0, 0.1) is 11.3 Å². The van der Waals surface area contributed by atoms with Gasteiger partial charge < -0.3 is 10.6 Å². The summed E-state index contributed by atoms with van der Waals surface area (Å²) in [5, 5.41) is 7.50. The molecule has 1 aliphatic heterocycles. The number of carbonyl (C=O) groups is 1. The van der Waals surface area contributed by atoms with Crippen molar-refractivity contribution >= 4 is 17.5 Å². The second kappa shape index (κ2) is 4.99. The number of carbonyl (C=O) groups excluding carboxylic acids is 1. The van der Waals surface area contributed by atoms with Gasteiger partial charge in [0.15, 0.2) is 0 Å². The summed E-state index contributed by atoms with van der Waals surface area (Å²) in [5.41, 5.74) is 2.75. The minimum Gasteiger partial charge on any atom is -0.349 e. The standard InChI is InChI=1S/C17H21ClN2O/c18-14-3-1-2-12-11(14)4-5-15(12)20-16(21)13-10-17(13)6-8-19-9-7-17/h1-3,13,15,19H,4-10H2,(H,20,21). The molecule has 0 bridgehead atoms. The van der Waals surface area contributed by atoms with Crippen molar-refractivity contribution < 1.29 is 4.79 Å². The lowest BCUT2D eigenvalue weighted by atomic mass is 9.91. The van der Waals surface area contributed by atoms with E-state index in [0.29, 0.717) is 5.41 Å². The molecule has 4 rings (SSSR count). The first-order chi connectivity index (χ1) is 10.2. The van der Waals surface area contributed by atoms with Crippen LogP contribution in [0.15, 0.2) is 18.2 Å². The first-order valence-corrected chi connectivity index (χ1v) is 8.36. The molecule has 2 unspecified atom stereocenters. The molecule has 1 saturated heterocycles. The van der Waals surface area contributed by atoms with Gasteiger partial charge in [0.2, 0.25) is 5.91 Å². The average Bonchev–Trinajstić information content (AvgIpc) is 3.01. The molecule has 1 saturated carbocycles. The molecule has 112 valence electrons. The summed E-state index contributed by atoms with van der Waals surface area (Å²) in [7, 11) is 0. The molecule has 4 heteroatoms. The van der Waals surface area contributed by atoms with Crippen LogP contribution in [-0.4, -0.2) is 19.0 Å². The predicted octanol–water partition coefficient (Wildman–Crippen LogP) is 2.83. The number of hydrogen-bond donors (Lipinski definition) is 2. The van der Waals surface area contributed by atoms with E-state index >= 15 is 0 Å². The number of fused-ring (bicyclic) bond motifs is 1. The molecule has 1 amide bonds. The molecule has 0 radical (unpaired) electrons. The first kappa shape index (κ1) is 13.6. The average molecular weight is 305 g/mol. The van der Waals surface area contributed by atoms with Crippen LogP contribution in [0.5, 0.6) is 0 Å². The molecular formula is C17H21ClN2O. The Labute approximate surface area is 130 Å². The molecule has 1 spiro atoms. The molecule has 2 atom stereocenters. The fourth-order valence-electron chi connectivity index (χ4n) is 4.23. The van der Waals surface area contributed by atoms with E-state index in [1.54, 1.807) is 0 Å². The van der Waals surface area contributed by atoms with Gasteiger partial charge in [-0.3, -0.25) is 4.79 Å².